The predicted molar refractivity (Wildman–Crippen MR) is 121 cm³/mol. The first kappa shape index (κ1) is 19.0. The van der Waals surface area contributed by atoms with Crippen molar-refractivity contribution in [2.45, 2.75) is 76.9 Å². The summed E-state index contributed by atoms with van der Waals surface area (Å²) in [6, 6.07) is 12.4. The van der Waals surface area contributed by atoms with Crippen molar-refractivity contribution in [1.82, 2.24) is 15.2 Å². The van der Waals surface area contributed by atoms with Gasteiger partial charge in [0.2, 0.25) is 0 Å². The van der Waals surface area contributed by atoms with Gasteiger partial charge in [-0.15, -0.1) is 0 Å². The molecule has 1 aliphatic heterocycles. The predicted octanol–water partition coefficient (Wildman–Crippen LogP) is 4.84. The number of aromatic nitrogens is 1. The van der Waals surface area contributed by atoms with Crippen molar-refractivity contribution in [3.63, 3.8) is 0 Å². The molecule has 1 aromatic heterocycles. The van der Waals surface area contributed by atoms with E-state index >= 15 is 0 Å². The molecule has 0 unspecified atom stereocenters. The summed E-state index contributed by atoms with van der Waals surface area (Å²) in [6.07, 6.45) is 12.5. The molecular formula is C27H35N3. The van der Waals surface area contributed by atoms with Crippen molar-refractivity contribution in [1.29, 1.82) is 0 Å². The molecule has 3 heteroatoms. The zero-order valence-electron chi connectivity index (χ0n) is 18.6. The van der Waals surface area contributed by atoms with E-state index < -0.39 is 0 Å². The lowest BCUT2D eigenvalue weighted by atomic mass is 9.35. The summed E-state index contributed by atoms with van der Waals surface area (Å²) in [5, 5.41) is 3.84. The van der Waals surface area contributed by atoms with Crippen molar-refractivity contribution < 1.29 is 0 Å². The summed E-state index contributed by atoms with van der Waals surface area (Å²) in [6.45, 7) is 4.59. The van der Waals surface area contributed by atoms with Crippen LogP contribution in [-0.2, 0) is 25.8 Å². The van der Waals surface area contributed by atoms with E-state index in [9.17, 15) is 0 Å². The van der Waals surface area contributed by atoms with Crippen LogP contribution in [0.15, 0.2) is 36.5 Å². The monoisotopic (exact) mass is 401 g/mol. The molecule has 3 fully saturated rings. The molecule has 7 rings (SSSR count). The van der Waals surface area contributed by atoms with Crippen molar-refractivity contribution in [2.24, 2.45) is 10.8 Å². The van der Waals surface area contributed by atoms with Crippen LogP contribution in [-0.4, -0.2) is 29.5 Å². The molecule has 0 saturated heterocycles. The van der Waals surface area contributed by atoms with E-state index in [2.05, 4.69) is 54.5 Å². The Kier molecular flexibility index (Phi) is 4.37. The second-order valence-corrected chi connectivity index (χ2v) is 11.2. The van der Waals surface area contributed by atoms with Gasteiger partial charge in [0, 0.05) is 25.3 Å². The molecule has 3 saturated carbocycles. The standard InChI is InChI=1S/C27H35N3/c1-26-16-27(17-26,18-26)13-20-7-3-8-21-14-29-22(12-23(20)21)15-30(2)24-10-4-6-19-9-5-11-28-25(19)24/h3,5,7-9,11,22,24,29H,4,6,10,12-18H2,1-2H3/t22-,24+,26?,27?/m1/s1. The second-order valence-electron chi connectivity index (χ2n) is 11.2. The quantitative estimate of drug-likeness (QED) is 0.777. The maximum atomic E-state index is 4.77. The molecular weight excluding hydrogens is 366 g/mol. The first-order valence-electron chi connectivity index (χ1n) is 12.0. The molecule has 0 spiro atoms. The van der Waals surface area contributed by atoms with E-state index in [0.29, 0.717) is 22.9 Å². The van der Waals surface area contributed by atoms with Crippen LogP contribution in [0.25, 0.3) is 0 Å². The minimum Gasteiger partial charge on any atom is -0.308 e. The van der Waals surface area contributed by atoms with E-state index in [1.807, 2.05) is 6.20 Å². The topological polar surface area (TPSA) is 28.2 Å². The summed E-state index contributed by atoms with van der Waals surface area (Å²) >= 11 is 0. The molecule has 0 amide bonds. The number of likely N-dealkylation sites (N-methyl/N-ethyl adjacent to an activating group) is 1. The highest BCUT2D eigenvalue weighted by Crippen LogP contribution is 2.74. The van der Waals surface area contributed by atoms with Gasteiger partial charge >= 0.3 is 0 Å². The van der Waals surface area contributed by atoms with Crippen molar-refractivity contribution in [3.05, 3.63) is 64.5 Å². The number of rotatable bonds is 5. The fourth-order valence-electron chi connectivity index (χ4n) is 7.62. The van der Waals surface area contributed by atoms with E-state index in [0.717, 1.165) is 13.1 Å². The Balaban J connectivity index is 1.17. The largest absolute Gasteiger partial charge is 0.308 e. The van der Waals surface area contributed by atoms with Gasteiger partial charge in [0.25, 0.3) is 0 Å². The summed E-state index contributed by atoms with van der Waals surface area (Å²) in [5.41, 5.74) is 8.97. The molecule has 2 heterocycles. The Bertz CT molecular complexity index is 945. The fraction of sp³-hybridized carbons (Fsp3) is 0.593. The van der Waals surface area contributed by atoms with E-state index in [-0.39, 0.29) is 0 Å². The number of hydrogen-bond donors (Lipinski definition) is 1. The average Bonchev–Trinajstić information content (AvgIpc) is 2.71. The minimum absolute atomic E-state index is 0.468. The zero-order chi connectivity index (χ0) is 20.3. The molecule has 3 nitrogen and oxygen atoms in total. The summed E-state index contributed by atoms with van der Waals surface area (Å²) in [5.74, 6) is 0. The highest BCUT2D eigenvalue weighted by molar-refractivity contribution is 5.40. The van der Waals surface area contributed by atoms with Gasteiger partial charge in [-0.05, 0) is 97.6 Å². The molecule has 0 radical (unpaired) electrons. The van der Waals surface area contributed by atoms with Crippen LogP contribution in [0.2, 0.25) is 0 Å². The summed E-state index contributed by atoms with van der Waals surface area (Å²) in [7, 11) is 2.31. The maximum absolute atomic E-state index is 4.77. The number of benzene rings is 1. The Morgan fingerprint density at radius 3 is 2.80 bits per heavy atom. The Morgan fingerprint density at radius 1 is 1.13 bits per heavy atom. The molecule has 1 aromatic carbocycles. The third kappa shape index (κ3) is 3.13. The lowest BCUT2D eigenvalue weighted by Crippen LogP contribution is -2.60. The SMILES string of the molecule is CN(C[C@H]1Cc2c(cccc2CC23CC(C)(C2)C3)CN1)[C@H]1CCCc2cccnc21. The molecule has 2 bridgehead atoms. The van der Waals surface area contributed by atoms with Crippen molar-refractivity contribution in [3.8, 4) is 0 Å². The molecule has 2 aromatic rings. The first-order valence-corrected chi connectivity index (χ1v) is 12.0. The van der Waals surface area contributed by atoms with Crippen LogP contribution in [0.4, 0.5) is 0 Å². The fourth-order valence-corrected chi connectivity index (χ4v) is 7.62. The summed E-state index contributed by atoms with van der Waals surface area (Å²) in [4.78, 5) is 7.34. The number of nitrogens with one attached hydrogen (secondary N) is 1. The Hall–Kier alpha value is -1.71. The Morgan fingerprint density at radius 2 is 1.97 bits per heavy atom. The van der Waals surface area contributed by atoms with Gasteiger partial charge in [0.15, 0.2) is 0 Å². The third-order valence-electron chi connectivity index (χ3n) is 8.58. The van der Waals surface area contributed by atoms with Crippen LogP contribution in [0.1, 0.15) is 73.0 Å². The zero-order valence-corrected chi connectivity index (χ0v) is 18.6. The van der Waals surface area contributed by atoms with Crippen LogP contribution >= 0.6 is 0 Å². The number of aryl methyl sites for hydroxylation is 1. The smallest absolute Gasteiger partial charge is 0.0607 e. The van der Waals surface area contributed by atoms with Crippen LogP contribution in [0.5, 0.6) is 0 Å². The van der Waals surface area contributed by atoms with Crippen LogP contribution < -0.4 is 5.32 Å². The van der Waals surface area contributed by atoms with Gasteiger partial charge < -0.3 is 5.32 Å². The van der Waals surface area contributed by atoms with Gasteiger partial charge in [0.1, 0.15) is 0 Å². The lowest BCUT2D eigenvalue weighted by molar-refractivity contribution is -0.189. The third-order valence-corrected chi connectivity index (χ3v) is 8.58. The number of fused-ring (bicyclic) bond motifs is 2. The number of pyridine rings is 1. The van der Waals surface area contributed by atoms with Crippen LogP contribution in [0, 0.1) is 10.8 Å². The highest BCUT2D eigenvalue weighted by Gasteiger charge is 2.64. The van der Waals surface area contributed by atoms with Gasteiger partial charge in [-0.3, -0.25) is 9.88 Å². The molecule has 4 aliphatic carbocycles. The second kappa shape index (κ2) is 6.90. The highest BCUT2D eigenvalue weighted by atomic mass is 15.2. The van der Waals surface area contributed by atoms with Crippen molar-refractivity contribution >= 4 is 0 Å². The molecule has 5 aliphatic rings. The molecule has 30 heavy (non-hydrogen) atoms. The van der Waals surface area contributed by atoms with E-state index in [1.165, 1.54) is 68.2 Å². The van der Waals surface area contributed by atoms with Gasteiger partial charge in [-0.25, -0.2) is 0 Å². The molecule has 158 valence electrons. The first-order chi connectivity index (χ1) is 14.5. The number of hydrogen-bond acceptors (Lipinski definition) is 3. The Labute approximate surface area is 181 Å². The van der Waals surface area contributed by atoms with Gasteiger partial charge in [0.05, 0.1) is 11.7 Å². The van der Waals surface area contributed by atoms with Crippen molar-refractivity contribution in [2.75, 3.05) is 13.6 Å². The lowest BCUT2D eigenvalue weighted by Gasteiger charge is -2.70. The number of nitrogens with zero attached hydrogens (tertiary/aromatic N) is 2. The van der Waals surface area contributed by atoms with Crippen LogP contribution in [0.3, 0.4) is 0 Å². The van der Waals surface area contributed by atoms with E-state index in [1.54, 1.807) is 11.1 Å². The van der Waals surface area contributed by atoms with Gasteiger partial charge in [-0.2, -0.15) is 0 Å². The molecule has 2 atom stereocenters. The maximum Gasteiger partial charge on any atom is 0.0607 e. The van der Waals surface area contributed by atoms with E-state index in [4.69, 9.17) is 4.98 Å². The molecule has 1 N–H and O–H groups in total. The average molecular weight is 402 g/mol. The minimum atomic E-state index is 0.468. The normalized spacial score (nSPS) is 34.0. The van der Waals surface area contributed by atoms with Gasteiger partial charge in [-0.1, -0.05) is 31.2 Å². The summed E-state index contributed by atoms with van der Waals surface area (Å²) < 4.78 is 0.